The maximum atomic E-state index is 4.07. The number of rotatable bonds is 7. The van der Waals surface area contributed by atoms with Crippen molar-refractivity contribution in [2.24, 2.45) is 5.92 Å². The summed E-state index contributed by atoms with van der Waals surface area (Å²) in [5.41, 5.74) is 0.195. The van der Waals surface area contributed by atoms with Gasteiger partial charge < -0.3 is 0 Å². The first-order valence-electron chi connectivity index (χ1n) is 11.3. The van der Waals surface area contributed by atoms with E-state index < -0.39 is 0 Å². The SMILES string of the molecule is CCC[B]CCCNC12CCC[B]CCCC1CCC[B]CCCN2. The monoisotopic (exact) mass is 341 g/mol. The van der Waals surface area contributed by atoms with Crippen LogP contribution in [0, 0.1) is 5.92 Å². The number of fused-ring (bicyclic) bond motifs is 1. The molecule has 0 aliphatic carbocycles. The Balaban J connectivity index is 1.97. The summed E-state index contributed by atoms with van der Waals surface area (Å²) < 4.78 is 0. The third-order valence-corrected chi connectivity index (χ3v) is 6.14. The summed E-state index contributed by atoms with van der Waals surface area (Å²) in [6.45, 7) is 4.61. The largest absolute Gasteiger partial charge is 0.299 e. The van der Waals surface area contributed by atoms with Crippen molar-refractivity contribution in [3.63, 3.8) is 0 Å². The minimum atomic E-state index is 0.195. The Kier molecular flexibility index (Phi) is 11.4. The summed E-state index contributed by atoms with van der Waals surface area (Å²) in [6, 6.07) is 0. The van der Waals surface area contributed by atoms with Crippen molar-refractivity contribution in [1.29, 1.82) is 0 Å². The second-order valence-corrected chi connectivity index (χ2v) is 8.22. The molecule has 2 nitrogen and oxygen atoms in total. The van der Waals surface area contributed by atoms with Crippen LogP contribution in [0.4, 0.5) is 0 Å². The van der Waals surface area contributed by atoms with E-state index in [2.05, 4.69) is 39.4 Å². The van der Waals surface area contributed by atoms with Gasteiger partial charge in [0, 0.05) is 0 Å². The van der Waals surface area contributed by atoms with Gasteiger partial charge in [-0.1, -0.05) is 70.5 Å². The molecule has 3 radical (unpaired) electrons. The number of nitrogens with one attached hydrogen (secondary N) is 2. The molecular weight excluding hydrogens is 301 g/mol. The van der Waals surface area contributed by atoms with Gasteiger partial charge in [-0.25, -0.2) is 0 Å². The van der Waals surface area contributed by atoms with Crippen molar-refractivity contribution in [2.75, 3.05) is 13.1 Å². The van der Waals surface area contributed by atoms with E-state index in [0.29, 0.717) is 0 Å². The van der Waals surface area contributed by atoms with E-state index in [0.717, 1.165) is 5.92 Å². The molecular formula is C20H40B3N2. The highest BCUT2D eigenvalue weighted by atomic mass is 15.2. The molecule has 0 saturated carbocycles. The van der Waals surface area contributed by atoms with Gasteiger partial charge in [-0.3, -0.25) is 10.6 Å². The van der Waals surface area contributed by atoms with Gasteiger partial charge in [-0.05, 0) is 51.1 Å². The van der Waals surface area contributed by atoms with Gasteiger partial charge in [-0.15, -0.1) is 0 Å². The second-order valence-electron chi connectivity index (χ2n) is 8.22. The van der Waals surface area contributed by atoms with E-state index >= 15 is 0 Å². The van der Waals surface area contributed by atoms with Crippen molar-refractivity contribution in [3.8, 4) is 0 Å². The zero-order valence-corrected chi connectivity index (χ0v) is 16.8. The van der Waals surface area contributed by atoms with Gasteiger partial charge in [0.1, 0.15) is 21.8 Å². The van der Waals surface area contributed by atoms with Gasteiger partial charge in [0.15, 0.2) is 0 Å². The first-order chi connectivity index (χ1) is 12.4. The van der Waals surface area contributed by atoms with E-state index in [9.17, 15) is 0 Å². The lowest BCUT2D eigenvalue weighted by atomic mass is 9.66. The Bertz CT molecular complexity index is 330. The molecule has 0 aromatic heterocycles. The van der Waals surface area contributed by atoms with Gasteiger partial charge in [-0.2, -0.15) is 0 Å². The minimum absolute atomic E-state index is 0.195. The van der Waals surface area contributed by atoms with Crippen LogP contribution in [-0.2, 0) is 0 Å². The molecule has 5 heteroatoms. The topological polar surface area (TPSA) is 24.1 Å². The Morgan fingerprint density at radius 2 is 1.72 bits per heavy atom. The van der Waals surface area contributed by atoms with Crippen LogP contribution in [0.2, 0.25) is 37.9 Å². The van der Waals surface area contributed by atoms with Crippen molar-refractivity contribution < 1.29 is 0 Å². The maximum absolute atomic E-state index is 4.07. The standard InChI is InChI=1S/C20H40B3N2/c1-2-11-21-15-6-17-24-20-10-5-14-22-12-3-8-19(20)9-4-13-23-16-7-18-25-20/h19,24-25H,2-18H2,1H3. The van der Waals surface area contributed by atoms with E-state index in [1.807, 2.05) is 0 Å². The third kappa shape index (κ3) is 8.12. The van der Waals surface area contributed by atoms with E-state index in [1.165, 1.54) is 109 Å². The minimum Gasteiger partial charge on any atom is -0.299 e. The average molecular weight is 341 g/mol. The maximum Gasteiger partial charge on any atom is 0.109 e. The molecule has 25 heavy (non-hydrogen) atoms. The molecule has 2 heterocycles. The fraction of sp³-hybridized carbons (Fsp3) is 1.00. The van der Waals surface area contributed by atoms with E-state index in [1.54, 1.807) is 0 Å². The molecule has 2 aliphatic heterocycles. The van der Waals surface area contributed by atoms with Crippen molar-refractivity contribution >= 4 is 21.8 Å². The summed E-state index contributed by atoms with van der Waals surface area (Å²) in [5, 5.41) is 8.12. The molecule has 0 spiro atoms. The molecule has 2 saturated heterocycles. The molecule has 139 valence electrons. The molecule has 2 N–H and O–H groups in total. The Hall–Kier alpha value is 0.115. The van der Waals surface area contributed by atoms with Crippen LogP contribution in [0.5, 0.6) is 0 Å². The van der Waals surface area contributed by atoms with Crippen LogP contribution in [0.15, 0.2) is 0 Å². The summed E-state index contributed by atoms with van der Waals surface area (Å²) in [6.07, 6.45) is 19.8. The summed E-state index contributed by atoms with van der Waals surface area (Å²) in [4.78, 5) is 0. The van der Waals surface area contributed by atoms with Crippen LogP contribution in [-0.4, -0.2) is 40.6 Å². The molecule has 0 aromatic carbocycles. The fourth-order valence-electron chi connectivity index (χ4n) is 4.66. The summed E-state index contributed by atoms with van der Waals surface area (Å²) in [7, 11) is 7.54. The van der Waals surface area contributed by atoms with Crippen LogP contribution in [0.1, 0.15) is 64.7 Å². The predicted octanol–water partition coefficient (Wildman–Crippen LogP) is 4.66. The molecule has 2 unspecified atom stereocenters. The van der Waals surface area contributed by atoms with Crippen LogP contribution >= 0.6 is 0 Å². The van der Waals surface area contributed by atoms with Crippen LogP contribution in [0.3, 0.4) is 0 Å². The van der Waals surface area contributed by atoms with Gasteiger partial charge in [0.2, 0.25) is 0 Å². The molecule has 2 atom stereocenters. The third-order valence-electron chi connectivity index (χ3n) is 6.14. The van der Waals surface area contributed by atoms with Gasteiger partial charge in [0.05, 0.1) is 5.66 Å². The van der Waals surface area contributed by atoms with Crippen molar-refractivity contribution in [3.05, 3.63) is 0 Å². The zero-order chi connectivity index (χ0) is 17.6. The molecule has 0 amide bonds. The highest BCUT2D eigenvalue weighted by Gasteiger charge is 2.37. The molecule has 0 aromatic rings. The summed E-state index contributed by atoms with van der Waals surface area (Å²) in [5.74, 6) is 0.796. The lowest BCUT2D eigenvalue weighted by molar-refractivity contribution is 0.125. The summed E-state index contributed by atoms with van der Waals surface area (Å²) >= 11 is 0. The van der Waals surface area contributed by atoms with Gasteiger partial charge in [0.25, 0.3) is 0 Å². The molecule has 2 fully saturated rings. The van der Waals surface area contributed by atoms with E-state index in [4.69, 9.17) is 0 Å². The fourth-order valence-corrected chi connectivity index (χ4v) is 4.66. The van der Waals surface area contributed by atoms with Crippen LogP contribution < -0.4 is 10.6 Å². The average Bonchev–Trinajstić information content (AvgIpc) is 2.72. The van der Waals surface area contributed by atoms with Crippen LogP contribution in [0.25, 0.3) is 0 Å². The van der Waals surface area contributed by atoms with Crippen molar-refractivity contribution in [2.45, 2.75) is 108 Å². The quantitative estimate of drug-likeness (QED) is 0.520. The normalized spacial score (nSPS) is 29.1. The lowest BCUT2D eigenvalue weighted by Gasteiger charge is -2.44. The Morgan fingerprint density at radius 1 is 1.00 bits per heavy atom. The van der Waals surface area contributed by atoms with Crippen molar-refractivity contribution in [1.82, 2.24) is 10.6 Å². The first-order valence-corrected chi connectivity index (χ1v) is 11.3. The number of hydrogen-bond donors (Lipinski definition) is 2. The Morgan fingerprint density at radius 3 is 2.48 bits per heavy atom. The predicted molar refractivity (Wildman–Crippen MR) is 116 cm³/mol. The highest BCUT2D eigenvalue weighted by Crippen LogP contribution is 2.33. The van der Waals surface area contributed by atoms with Gasteiger partial charge >= 0.3 is 0 Å². The molecule has 2 rings (SSSR count). The number of hydrogen-bond acceptors (Lipinski definition) is 2. The second kappa shape index (κ2) is 13.3. The first kappa shape index (κ1) is 21.4. The highest BCUT2D eigenvalue weighted by molar-refractivity contribution is 6.35. The smallest absolute Gasteiger partial charge is 0.109 e. The zero-order valence-electron chi connectivity index (χ0n) is 16.8. The lowest BCUT2D eigenvalue weighted by Crippen LogP contribution is -2.62. The van der Waals surface area contributed by atoms with E-state index in [-0.39, 0.29) is 5.66 Å². The molecule has 0 bridgehead atoms. The Labute approximate surface area is 160 Å². The molecule has 2 aliphatic rings.